The lowest BCUT2D eigenvalue weighted by Crippen LogP contribution is -2.52. The summed E-state index contributed by atoms with van der Waals surface area (Å²) in [6.45, 7) is 1.38. The number of hydrogen-bond donors (Lipinski definition) is 1. The lowest BCUT2D eigenvalue weighted by molar-refractivity contribution is -0.120. The lowest BCUT2D eigenvalue weighted by Gasteiger charge is -2.45. The molecule has 3 saturated heterocycles. The van der Waals surface area contributed by atoms with Gasteiger partial charge < -0.3 is 14.8 Å². The van der Waals surface area contributed by atoms with Crippen LogP contribution in [0, 0.1) is 0 Å². The first-order valence-corrected chi connectivity index (χ1v) is 13.5. The topological polar surface area (TPSA) is 70.5 Å². The van der Waals surface area contributed by atoms with E-state index in [0.29, 0.717) is 31.0 Å². The van der Waals surface area contributed by atoms with Crippen LogP contribution in [0.5, 0.6) is 0 Å². The summed E-state index contributed by atoms with van der Waals surface area (Å²) in [5.41, 5.74) is 1.75. The average molecular weight is 464 g/mol. The van der Waals surface area contributed by atoms with Crippen molar-refractivity contribution >= 4 is 22.8 Å². The average Bonchev–Trinajstić information content (AvgIpc) is 3.07. The standard InChI is InChI=1S/C27H37N5O2/c33-25-18-30(15-14-28-25)26-27(34)32(24-11-7-6-10-23(24)29-26)22-16-20-12-13-21(17-22)31(20)19-8-4-2-1-3-5-9-19/h6-7,10-11,19-22H,1-5,8-9,12-18H2,(H,28,33)/t20-,21+,22+. The van der Waals surface area contributed by atoms with Crippen molar-refractivity contribution in [1.29, 1.82) is 0 Å². The molecule has 0 radical (unpaired) electrons. The number of carbonyl (C=O) groups is 1. The van der Waals surface area contributed by atoms with Gasteiger partial charge >= 0.3 is 0 Å². The number of nitrogens with zero attached hydrogens (tertiary/aromatic N) is 4. The molecule has 1 aliphatic carbocycles. The second kappa shape index (κ2) is 9.33. The molecule has 7 nitrogen and oxygen atoms in total. The first kappa shape index (κ1) is 22.1. The van der Waals surface area contributed by atoms with Gasteiger partial charge in [-0.3, -0.25) is 14.5 Å². The number of benzene rings is 1. The van der Waals surface area contributed by atoms with Gasteiger partial charge in [0.15, 0.2) is 5.82 Å². The molecule has 6 rings (SSSR count). The highest BCUT2D eigenvalue weighted by atomic mass is 16.2. The predicted octanol–water partition coefficient (Wildman–Crippen LogP) is 3.61. The summed E-state index contributed by atoms with van der Waals surface area (Å²) in [5, 5.41) is 2.86. The molecule has 4 fully saturated rings. The fourth-order valence-electron chi connectivity index (χ4n) is 7.25. The molecule has 3 atom stereocenters. The zero-order chi connectivity index (χ0) is 23.1. The Kier molecular flexibility index (Phi) is 6.06. The number of anilines is 1. The van der Waals surface area contributed by atoms with Crippen LogP contribution in [0.2, 0.25) is 0 Å². The van der Waals surface area contributed by atoms with E-state index in [0.717, 1.165) is 29.9 Å². The maximum Gasteiger partial charge on any atom is 0.294 e. The number of carbonyl (C=O) groups excluding carboxylic acids is 1. The molecule has 2 aromatic rings. The van der Waals surface area contributed by atoms with E-state index in [1.807, 2.05) is 33.7 Å². The van der Waals surface area contributed by atoms with Crippen molar-refractivity contribution in [2.75, 3.05) is 24.5 Å². The van der Waals surface area contributed by atoms with Gasteiger partial charge in [0.2, 0.25) is 5.91 Å². The highest BCUT2D eigenvalue weighted by molar-refractivity contribution is 5.83. The van der Waals surface area contributed by atoms with Crippen LogP contribution in [0.4, 0.5) is 5.82 Å². The zero-order valence-corrected chi connectivity index (χ0v) is 20.1. The number of rotatable bonds is 3. The minimum Gasteiger partial charge on any atom is -0.353 e. The molecule has 2 bridgehead atoms. The molecule has 3 aliphatic heterocycles. The zero-order valence-electron chi connectivity index (χ0n) is 20.1. The molecule has 7 heteroatoms. The normalized spacial score (nSPS) is 29.1. The van der Waals surface area contributed by atoms with E-state index in [1.54, 1.807) is 0 Å². The Morgan fingerprint density at radius 1 is 0.824 bits per heavy atom. The SMILES string of the molecule is O=C1CN(c2nc3ccccc3n([C@H]3C[C@H]4CC[C@@H](C3)N4C3CCCCCCC3)c2=O)CCN1. The summed E-state index contributed by atoms with van der Waals surface area (Å²) in [6, 6.07) is 10.1. The predicted molar refractivity (Wildman–Crippen MR) is 134 cm³/mol. The molecule has 1 saturated carbocycles. The molecule has 1 amide bonds. The van der Waals surface area contributed by atoms with Gasteiger partial charge in [-0.15, -0.1) is 0 Å². The van der Waals surface area contributed by atoms with E-state index in [9.17, 15) is 9.59 Å². The van der Waals surface area contributed by atoms with Gasteiger partial charge in [-0.1, -0.05) is 44.2 Å². The van der Waals surface area contributed by atoms with Crippen LogP contribution in [-0.2, 0) is 4.79 Å². The Hall–Kier alpha value is -2.41. The Morgan fingerprint density at radius 3 is 2.26 bits per heavy atom. The van der Waals surface area contributed by atoms with Crippen molar-refractivity contribution in [2.45, 2.75) is 94.8 Å². The summed E-state index contributed by atoms with van der Waals surface area (Å²) in [5.74, 6) is 0.390. The fraction of sp³-hybridized carbons (Fsp3) is 0.667. The van der Waals surface area contributed by atoms with E-state index >= 15 is 0 Å². The quantitative estimate of drug-likeness (QED) is 0.753. The highest BCUT2D eigenvalue weighted by Crippen LogP contribution is 2.44. The third kappa shape index (κ3) is 4.02. The number of nitrogens with one attached hydrogen (secondary N) is 1. The van der Waals surface area contributed by atoms with Crippen LogP contribution in [0.3, 0.4) is 0 Å². The Labute approximate surface area is 201 Å². The van der Waals surface area contributed by atoms with Gasteiger partial charge in [0.05, 0.1) is 17.6 Å². The van der Waals surface area contributed by atoms with Crippen molar-refractivity contribution < 1.29 is 4.79 Å². The summed E-state index contributed by atoms with van der Waals surface area (Å²) in [6.07, 6.45) is 14.2. The van der Waals surface area contributed by atoms with Crippen LogP contribution in [0.15, 0.2) is 29.1 Å². The second-order valence-electron chi connectivity index (χ2n) is 10.8. The monoisotopic (exact) mass is 463 g/mol. The van der Waals surface area contributed by atoms with E-state index < -0.39 is 0 Å². The van der Waals surface area contributed by atoms with Crippen LogP contribution < -0.4 is 15.8 Å². The van der Waals surface area contributed by atoms with Gasteiger partial charge in [-0.2, -0.15) is 0 Å². The number of aromatic nitrogens is 2. The van der Waals surface area contributed by atoms with Crippen LogP contribution in [0.1, 0.15) is 76.7 Å². The third-order valence-electron chi connectivity index (χ3n) is 8.74. The summed E-state index contributed by atoms with van der Waals surface area (Å²) in [4.78, 5) is 35.4. The number of amides is 1. The molecule has 34 heavy (non-hydrogen) atoms. The van der Waals surface area contributed by atoms with E-state index in [2.05, 4.69) is 10.2 Å². The Bertz CT molecular complexity index is 1090. The van der Waals surface area contributed by atoms with E-state index in [4.69, 9.17) is 4.98 Å². The fourth-order valence-corrected chi connectivity index (χ4v) is 7.25. The molecule has 4 aliphatic rings. The van der Waals surface area contributed by atoms with Crippen molar-refractivity contribution in [3.63, 3.8) is 0 Å². The molecule has 1 N–H and O–H groups in total. The largest absolute Gasteiger partial charge is 0.353 e. The number of hydrogen-bond acceptors (Lipinski definition) is 5. The van der Waals surface area contributed by atoms with Crippen LogP contribution in [-0.4, -0.2) is 58.1 Å². The minimum absolute atomic E-state index is 0.0304. The second-order valence-corrected chi connectivity index (χ2v) is 10.8. The number of para-hydroxylation sites is 2. The number of piperidine rings is 1. The van der Waals surface area contributed by atoms with Gasteiger partial charge in [0.1, 0.15) is 0 Å². The van der Waals surface area contributed by atoms with Gasteiger partial charge in [-0.25, -0.2) is 4.98 Å². The summed E-state index contributed by atoms with van der Waals surface area (Å²) >= 11 is 0. The molecule has 182 valence electrons. The molecule has 0 spiro atoms. The van der Waals surface area contributed by atoms with Gasteiger partial charge in [0.25, 0.3) is 5.56 Å². The van der Waals surface area contributed by atoms with Gasteiger partial charge in [-0.05, 0) is 50.7 Å². The van der Waals surface area contributed by atoms with E-state index in [1.165, 1.54) is 57.8 Å². The maximum atomic E-state index is 13.9. The number of piperazine rings is 1. The highest BCUT2D eigenvalue weighted by Gasteiger charge is 2.44. The molecule has 4 heterocycles. The Balaban J connectivity index is 1.33. The number of fused-ring (bicyclic) bond motifs is 3. The maximum absolute atomic E-state index is 13.9. The summed E-state index contributed by atoms with van der Waals surface area (Å²) in [7, 11) is 0. The molecule has 0 unspecified atom stereocenters. The molecular weight excluding hydrogens is 426 g/mol. The van der Waals surface area contributed by atoms with Gasteiger partial charge in [0, 0.05) is 37.3 Å². The molecule has 1 aromatic carbocycles. The molecule has 1 aromatic heterocycles. The van der Waals surface area contributed by atoms with Crippen LogP contribution in [0.25, 0.3) is 11.0 Å². The first-order valence-electron chi connectivity index (χ1n) is 13.5. The van der Waals surface area contributed by atoms with Crippen molar-refractivity contribution in [1.82, 2.24) is 19.8 Å². The molecular formula is C27H37N5O2. The third-order valence-corrected chi connectivity index (χ3v) is 8.74. The first-order chi connectivity index (χ1) is 16.7. The van der Waals surface area contributed by atoms with Crippen LogP contribution >= 0.6 is 0 Å². The smallest absolute Gasteiger partial charge is 0.294 e. The lowest BCUT2D eigenvalue weighted by atomic mass is 9.89. The summed E-state index contributed by atoms with van der Waals surface area (Å²) < 4.78 is 2.05. The van der Waals surface area contributed by atoms with E-state index in [-0.39, 0.29) is 24.1 Å². The van der Waals surface area contributed by atoms with Crippen molar-refractivity contribution in [3.05, 3.63) is 34.6 Å². The van der Waals surface area contributed by atoms with Crippen molar-refractivity contribution in [3.8, 4) is 0 Å². The van der Waals surface area contributed by atoms with Crippen molar-refractivity contribution in [2.24, 2.45) is 0 Å². The minimum atomic E-state index is -0.0438. The Morgan fingerprint density at radius 2 is 1.53 bits per heavy atom.